The van der Waals surface area contributed by atoms with Crippen molar-refractivity contribution in [2.75, 3.05) is 0 Å². The molecule has 0 spiro atoms. The molecule has 0 amide bonds. The minimum absolute atomic E-state index is 0.0503. The largest absolute Gasteiger partial charge is 0.392 e. The number of imidazole rings is 1. The zero-order valence-electron chi connectivity index (χ0n) is 21.8. The number of aromatic nitrogens is 2. The molecule has 2 N–H and O–H groups in total. The second-order valence-electron chi connectivity index (χ2n) is 10.3. The third kappa shape index (κ3) is 6.58. The van der Waals surface area contributed by atoms with Crippen LogP contribution in [-0.4, -0.2) is 14.7 Å². The molecule has 4 heteroatoms. The number of nitrogens with zero attached hydrogens (tertiary/aromatic N) is 2. The van der Waals surface area contributed by atoms with Gasteiger partial charge in [-0.1, -0.05) is 108 Å². The van der Waals surface area contributed by atoms with E-state index < -0.39 is 0 Å². The predicted octanol–water partition coefficient (Wildman–Crippen LogP) is 7.16. The highest BCUT2D eigenvalue weighted by Crippen LogP contribution is 2.36. The first kappa shape index (κ1) is 26.2. The average Bonchev–Trinajstić information content (AvgIpc) is 3.23. The molecule has 1 unspecified atom stereocenters. The van der Waals surface area contributed by atoms with Crippen LogP contribution in [0.5, 0.6) is 0 Å². The molecule has 0 aliphatic carbocycles. The summed E-state index contributed by atoms with van der Waals surface area (Å²) in [4.78, 5) is 5.31. The molecule has 2 aromatic carbocycles. The molecular formula is C30H43N3O. The summed E-state index contributed by atoms with van der Waals surface area (Å²) in [5.41, 5.74) is 5.87. The molecule has 4 nitrogen and oxygen atoms in total. The number of hydrogen-bond donors (Lipinski definition) is 2. The number of nitrogens with one attached hydrogen (secondary N) is 1. The molecule has 0 aliphatic heterocycles. The molecule has 0 saturated heterocycles. The second-order valence-corrected chi connectivity index (χ2v) is 10.3. The van der Waals surface area contributed by atoms with Crippen molar-refractivity contribution >= 4 is 0 Å². The van der Waals surface area contributed by atoms with Gasteiger partial charge in [0.25, 0.3) is 0 Å². The molecule has 3 rings (SSSR count). The monoisotopic (exact) mass is 461 g/mol. The van der Waals surface area contributed by atoms with E-state index in [0.29, 0.717) is 0 Å². The summed E-state index contributed by atoms with van der Waals surface area (Å²) in [7, 11) is 0. The first-order chi connectivity index (χ1) is 16.4. The minimum atomic E-state index is -0.0503. The maximum atomic E-state index is 9.37. The van der Waals surface area contributed by atoms with Crippen LogP contribution < -0.4 is 5.32 Å². The Hall–Kier alpha value is -2.43. The number of benzene rings is 2. The fourth-order valence-electron chi connectivity index (χ4n) is 4.47. The standard InChI is InChI=1S/C30H43N3O/c1-6-8-15-26(31-21-23-16-18-24(22-34)19-17-23)27-28(30(3,4)5)32-29(33(27)20-9-7-2)25-13-11-10-12-14-25/h10-14,16-19,26,31,34H,6-9,15,20-22H2,1-5H3. The van der Waals surface area contributed by atoms with E-state index in [1.807, 2.05) is 12.1 Å². The van der Waals surface area contributed by atoms with Crippen molar-refractivity contribution in [3.8, 4) is 11.4 Å². The van der Waals surface area contributed by atoms with Gasteiger partial charge in [0.15, 0.2) is 0 Å². The third-order valence-corrected chi connectivity index (χ3v) is 6.42. The van der Waals surface area contributed by atoms with Crippen molar-refractivity contribution in [1.29, 1.82) is 0 Å². The number of aliphatic hydroxyl groups is 1. The first-order valence-electron chi connectivity index (χ1n) is 13.0. The second kappa shape index (κ2) is 12.3. The van der Waals surface area contributed by atoms with Gasteiger partial charge in [-0.3, -0.25) is 0 Å². The molecule has 0 aliphatic rings. The summed E-state index contributed by atoms with van der Waals surface area (Å²) < 4.78 is 2.50. The van der Waals surface area contributed by atoms with Crippen LogP contribution in [0.25, 0.3) is 11.4 Å². The Morgan fingerprint density at radius 2 is 1.56 bits per heavy atom. The highest BCUT2D eigenvalue weighted by atomic mass is 16.3. The molecule has 1 aromatic heterocycles. The minimum Gasteiger partial charge on any atom is -0.392 e. The van der Waals surface area contributed by atoms with E-state index in [4.69, 9.17) is 4.98 Å². The Balaban J connectivity index is 2.06. The van der Waals surface area contributed by atoms with Gasteiger partial charge >= 0.3 is 0 Å². The smallest absolute Gasteiger partial charge is 0.140 e. The van der Waals surface area contributed by atoms with Crippen LogP contribution >= 0.6 is 0 Å². The zero-order chi connectivity index (χ0) is 24.6. The van der Waals surface area contributed by atoms with Gasteiger partial charge in [0, 0.05) is 30.1 Å². The SMILES string of the molecule is CCCCC(NCc1ccc(CO)cc1)c1c(C(C)(C)C)nc(-c2ccccc2)n1CCCC. The van der Waals surface area contributed by atoms with Gasteiger partial charge in [0.05, 0.1) is 18.0 Å². The summed E-state index contributed by atoms with van der Waals surface area (Å²) in [6.45, 7) is 13.2. The Morgan fingerprint density at radius 1 is 0.912 bits per heavy atom. The highest BCUT2D eigenvalue weighted by Gasteiger charge is 2.30. The van der Waals surface area contributed by atoms with Crippen molar-refractivity contribution < 1.29 is 5.11 Å². The lowest BCUT2D eigenvalue weighted by atomic mass is 9.88. The van der Waals surface area contributed by atoms with Crippen molar-refractivity contribution in [3.63, 3.8) is 0 Å². The van der Waals surface area contributed by atoms with E-state index >= 15 is 0 Å². The fourth-order valence-corrected chi connectivity index (χ4v) is 4.47. The summed E-state index contributed by atoms with van der Waals surface area (Å²) in [6, 6.07) is 19.1. The topological polar surface area (TPSA) is 50.1 Å². The van der Waals surface area contributed by atoms with Crippen LogP contribution in [0.2, 0.25) is 0 Å². The molecule has 34 heavy (non-hydrogen) atoms. The lowest BCUT2D eigenvalue weighted by molar-refractivity contribution is 0.282. The molecule has 184 valence electrons. The molecule has 1 heterocycles. The van der Waals surface area contributed by atoms with E-state index in [-0.39, 0.29) is 18.1 Å². The average molecular weight is 462 g/mol. The Bertz CT molecular complexity index is 1000. The van der Waals surface area contributed by atoms with Crippen LogP contribution in [0.1, 0.15) is 95.3 Å². The number of unbranched alkanes of at least 4 members (excludes halogenated alkanes) is 2. The lowest BCUT2D eigenvalue weighted by Crippen LogP contribution is -2.27. The summed E-state index contributed by atoms with van der Waals surface area (Å²) >= 11 is 0. The van der Waals surface area contributed by atoms with E-state index in [2.05, 4.69) is 87.0 Å². The van der Waals surface area contributed by atoms with Crippen LogP contribution in [-0.2, 0) is 25.1 Å². The van der Waals surface area contributed by atoms with Crippen molar-refractivity contribution in [1.82, 2.24) is 14.9 Å². The van der Waals surface area contributed by atoms with Crippen molar-refractivity contribution in [2.45, 2.75) is 97.9 Å². The Labute approximate surface area is 206 Å². The van der Waals surface area contributed by atoms with Gasteiger partial charge < -0.3 is 15.0 Å². The molecule has 0 bridgehead atoms. The van der Waals surface area contributed by atoms with Crippen LogP contribution in [0.15, 0.2) is 54.6 Å². The van der Waals surface area contributed by atoms with Crippen LogP contribution in [0.4, 0.5) is 0 Å². The van der Waals surface area contributed by atoms with Gasteiger partial charge in [0.2, 0.25) is 0 Å². The molecular weight excluding hydrogens is 418 g/mol. The van der Waals surface area contributed by atoms with Crippen LogP contribution in [0, 0.1) is 0 Å². The maximum absolute atomic E-state index is 9.37. The van der Waals surface area contributed by atoms with Gasteiger partial charge in [0.1, 0.15) is 5.82 Å². The summed E-state index contributed by atoms with van der Waals surface area (Å²) in [5.74, 6) is 1.09. The highest BCUT2D eigenvalue weighted by molar-refractivity contribution is 5.57. The maximum Gasteiger partial charge on any atom is 0.140 e. The number of hydrogen-bond acceptors (Lipinski definition) is 3. The summed E-state index contributed by atoms with van der Waals surface area (Å²) in [5, 5.41) is 13.3. The summed E-state index contributed by atoms with van der Waals surface area (Å²) in [6.07, 6.45) is 5.71. The normalized spacial score (nSPS) is 12.8. The quantitative estimate of drug-likeness (QED) is 0.301. The van der Waals surface area contributed by atoms with Gasteiger partial charge in [-0.05, 0) is 24.0 Å². The molecule has 0 saturated carbocycles. The van der Waals surface area contributed by atoms with E-state index in [1.165, 1.54) is 35.4 Å². The molecule has 0 fully saturated rings. The number of aliphatic hydroxyl groups excluding tert-OH is 1. The lowest BCUT2D eigenvalue weighted by Gasteiger charge is -2.26. The predicted molar refractivity (Wildman–Crippen MR) is 143 cm³/mol. The van der Waals surface area contributed by atoms with E-state index in [1.54, 1.807) is 0 Å². The Kier molecular flexibility index (Phi) is 9.49. The molecule has 3 aromatic rings. The van der Waals surface area contributed by atoms with E-state index in [9.17, 15) is 5.11 Å². The van der Waals surface area contributed by atoms with Gasteiger partial charge in [-0.2, -0.15) is 0 Å². The fraction of sp³-hybridized carbons (Fsp3) is 0.500. The van der Waals surface area contributed by atoms with Crippen molar-refractivity contribution in [2.24, 2.45) is 0 Å². The zero-order valence-corrected chi connectivity index (χ0v) is 21.8. The Morgan fingerprint density at radius 3 is 2.15 bits per heavy atom. The van der Waals surface area contributed by atoms with Gasteiger partial charge in [-0.15, -0.1) is 0 Å². The number of rotatable bonds is 12. The van der Waals surface area contributed by atoms with E-state index in [0.717, 1.165) is 43.7 Å². The van der Waals surface area contributed by atoms with Crippen LogP contribution in [0.3, 0.4) is 0 Å². The molecule has 1 atom stereocenters. The first-order valence-corrected chi connectivity index (χ1v) is 13.0. The third-order valence-electron chi connectivity index (χ3n) is 6.42. The van der Waals surface area contributed by atoms with Gasteiger partial charge in [-0.25, -0.2) is 4.98 Å². The van der Waals surface area contributed by atoms with Crippen molar-refractivity contribution in [3.05, 3.63) is 77.1 Å². The molecule has 0 radical (unpaired) electrons.